The molecule has 0 heterocycles. The molecule has 0 saturated carbocycles. The van der Waals surface area contributed by atoms with Crippen molar-refractivity contribution in [2.45, 2.75) is 24.7 Å². The van der Waals surface area contributed by atoms with Crippen LogP contribution in [0.25, 0.3) is 0 Å². The topological polar surface area (TPSA) is 157 Å². The van der Waals surface area contributed by atoms with Gasteiger partial charge >= 0.3 is 11.4 Å². The summed E-state index contributed by atoms with van der Waals surface area (Å²) in [5.41, 5.74) is 1.93. The van der Waals surface area contributed by atoms with E-state index in [1.165, 1.54) is 38.5 Å². The predicted molar refractivity (Wildman–Crippen MR) is 186 cm³/mol. The van der Waals surface area contributed by atoms with Gasteiger partial charge in [0.2, 0.25) is 0 Å². The van der Waals surface area contributed by atoms with E-state index in [4.69, 9.17) is 42.1 Å². The first-order valence-corrected chi connectivity index (χ1v) is 17.5. The summed E-state index contributed by atoms with van der Waals surface area (Å²) in [6.45, 7) is -0.371. The summed E-state index contributed by atoms with van der Waals surface area (Å²) in [6, 6.07) is 22.7. The molecule has 0 aliphatic rings. The van der Waals surface area contributed by atoms with Crippen molar-refractivity contribution in [1.29, 1.82) is 0 Å². The number of hydrogen-bond donors (Lipinski definition) is 0. The molecule has 0 aromatic heterocycles. The average molecular weight is 734 g/mol. The van der Waals surface area contributed by atoms with Gasteiger partial charge < -0.3 is 18.9 Å². The minimum Gasteiger partial charge on any atom is -0.460 e. The van der Waals surface area contributed by atoms with Crippen LogP contribution in [0, 0.1) is 20.2 Å². The number of nitrogens with zero attached hydrogens (tertiary/aromatic N) is 2. The maximum Gasteiger partial charge on any atom is 0.311 e. The Kier molecular flexibility index (Phi) is 13.3. The van der Waals surface area contributed by atoms with E-state index in [0.717, 1.165) is 11.1 Å². The molecule has 2 unspecified atom stereocenters. The number of nitro groups is 2. The molecule has 4 rings (SSSR count). The maximum absolute atomic E-state index is 13.6. The van der Waals surface area contributed by atoms with E-state index < -0.39 is 31.5 Å². The van der Waals surface area contributed by atoms with Gasteiger partial charge in [0.05, 0.1) is 21.4 Å². The molecule has 0 radical (unpaired) electrons. The number of rotatable bonds is 18. The van der Waals surface area contributed by atoms with Gasteiger partial charge in [-0.25, -0.2) is 8.42 Å². The van der Waals surface area contributed by atoms with Crippen LogP contribution >= 0.6 is 23.2 Å². The Hall–Kier alpha value is -4.27. The molecule has 4 aromatic carbocycles. The van der Waals surface area contributed by atoms with Crippen molar-refractivity contribution < 1.29 is 37.2 Å². The largest absolute Gasteiger partial charge is 0.460 e. The highest BCUT2D eigenvalue weighted by atomic mass is 35.5. The molecule has 15 heteroatoms. The van der Waals surface area contributed by atoms with Crippen molar-refractivity contribution in [3.8, 4) is 11.5 Å². The third-order valence-electron chi connectivity index (χ3n) is 7.81. The van der Waals surface area contributed by atoms with Gasteiger partial charge in [-0.05, 0) is 71.5 Å². The van der Waals surface area contributed by atoms with E-state index in [9.17, 15) is 28.6 Å². The number of halogens is 2. The summed E-state index contributed by atoms with van der Waals surface area (Å²) in [5.74, 6) is -1.51. The molecular formula is C34H34Cl2N2O10S. The summed E-state index contributed by atoms with van der Waals surface area (Å²) < 4.78 is 47.8. The van der Waals surface area contributed by atoms with Crippen LogP contribution in [-0.2, 0) is 19.3 Å². The van der Waals surface area contributed by atoms with Crippen LogP contribution in [0.15, 0.2) is 84.9 Å². The summed E-state index contributed by atoms with van der Waals surface area (Å²) in [6.07, 6.45) is 0.226. The zero-order valence-electron chi connectivity index (χ0n) is 26.6. The molecule has 0 aliphatic carbocycles. The predicted octanol–water partition coefficient (Wildman–Crippen LogP) is 7.93. The molecule has 0 bridgehead atoms. The first kappa shape index (κ1) is 37.5. The lowest BCUT2D eigenvalue weighted by atomic mass is 9.88. The molecule has 49 heavy (non-hydrogen) atoms. The van der Waals surface area contributed by atoms with Crippen LogP contribution in [0.4, 0.5) is 11.4 Å². The van der Waals surface area contributed by atoms with Gasteiger partial charge in [0.15, 0.2) is 25.1 Å². The van der Waals surface area contributed by atoms with E-state index in [0.29, 0.717) is 21.2 Å². The van der Waals surface area contributed by atoms with Gasteiger partial charge in [-0.3, -0.25) is 20.2 Å². The van der Waals surface area contributed by atoms with E-state index >= 15 is 0 Å². The number of ether oxygens (including phenoxy) is 4. The quantitative estimate of drug-likeness (QED) is 0.0559. The SMILES string of the molecule is COCOc1ccc(C(CCS(=O)(=O)CCC(c2ccc(Cl)cc2)c2ccc(OCOC)c([N+](=O)[O-])c2)c2ccc(Cl)cc2)cc1[N+](=O)[O-]. The zero-order valence-corrected chi connectivity index (χ0v) is 28.9. The van der Waals surface area contributed by atoms with Gasteiger partial charge in [-0.15, -0.1) is 0 Å². The molecule has 0 amide bonds. The van der Waals surface area contributed by atoms with Crippen molar-refractivity contribution in [1.82, 2.24) is 0 Å². The molecule has 12 nitrogen and oxygen atoms in total. The Balaban J connectivity index is 1.61. The lowest BCUT2D eigenvalue weighted by molar-refractivity contribution is -0.386. The molecule has 0 N–H and O–H groups in total. The molecule has 2 atom stereocenters. The Morgan fingerprint density at radius 3 is 1.29 bits per heavy atom. The highest BCUT2D eigenvalue weighted by Gasteiger charge is 2.26. The number of sulfone groups is 1. The minimum absolute atomic E-state index is 0.0184. The number of nitro benzene ring substituents is 2. The van der Waals surface area contributed by atoms with Gasteiger partial charge in [0, 0.05) is 48.2 Å². The van der Waals surface area contributed by atoms with E-state index in [1.807, 2.05) is 0 Å². The number of methoxy groups -OCH3 is 2. The summed E-state index contributed by atoms with van der Waals surface area (Å²) >= 11 is 12.2. The lowest BCUT2D eigenvalue weighted by Crippen LogP contribution is -2.17. The first-order chi connectivity index (χ1) is 23.4. The molecule has 0 fully saturated rings. The van der Waals surface area contributed by atoms with Crippen LogP contribution in [0.2, 0.25) is 10.0 Å². The van der Waals surface area contributed by atoms with E-state index in [-0.39, 0.29) is 60.8 Å². The standard InChI is InChI=1S/C34H34Cl2N2O10S/c1-45-21-47-33-13-7-25(19-31(33)37(39)40)29(23-3-9-27(35)10-4-23)15-17-49(43,44)18-16-30(24-5-11-28(36)12-6-24)26-8-14-34(48-22-46-2)32(20-26)38(41)42/h3-14,19-20,29-30H,15-18,21-22H2,1-2H3. The van der Waals surface area contributed by atoms with Crippen LogP contribution in [0.1, 0.15) is 46.9 Å². The summed E-state index contributed by atoms with van der Waals surface area (Å²) in [5, 5.41) is 24.8. The van der Waals surface area contributed by atoms with Crippen LogP contribution < -0.4 is 9.47 Å². The molecule has 260 valence electrons. The van der Waals surface area contributed by atoms with Gasteiger partial charge in [-0.2, -0.15) is 0 Å². The van der Waals surface area contributed by atoms with Crippen LogP contribution in [0.3, 0.4) is 0 Å². The molecule has 4 aromatic rings. The summed E-state index contributed by atoms with van der Waals surface area (Å²) in [4.78, 5) is 22.7. The van der Waals surface area contributed by atoms with E-state index in [1.54, 1.807) is 60.7 Å². The second-order valence-electron chi connectivity index (χ2n) is 11.0. The molecule has 0 spiro atoms. The number of benzene rings is 4. The van der Waals surface area contributed by atoms with Crippen molar-refractivity contribution in [3.05, 3.63) is 137 Å². The number of hydrogen-bond acceptors (Lipinski definition) is 10. The Labute approximate surface area is 293 Å². The van der Waals surface area contributed by atoms with Crippen molar-refractivity contribution >= 4 is 44.4 Å². The highest BCUT2D eigenvalue weighted by molar-refractivity contribution is 7.91. The maximum atomic E-state index is 13.6. The third kappa shape index (κ3) is 10.4. The Morgan fingerprint density at radius 1 is 0.612 bits per heavy atom. The Bertz CT molecular complexity index is 1730. The van der Waals surface area contributed by atoms with Gasteiger partial charge in [0.25, 0.3) is 0 Å². The lowest BCUT2D eigenvalue weighted by Gasteiger charge is -2.21. The molecule has 0 saturated heterocycles. The van der Waals surface area contributed by atoms with E-state index in [2.05, 4.69) is 0 Å². The third-order valence-corrected chi connectivity index (χ3v) is 10.0. The second kappa shape index (κ2) is 17.4. The first-order valence-electron chi connectivity index (χ1n) is 14.9. The average Bonchev–Trinajstić information content (AvgIpc) is 3.08. The summed E-state index contributed by atoms with van der Waals surface area (Å²) in [7, 11) is -0.922. The van der Waals surface area contributed by atoms with Crippen LogP contribution in [0.5, 0.6) is 11.5 Å². The zero-order chi connectivity index (χ0) is 35.6. The van der Waals surface area contributed by atoms with Crippen LogP contribution in [-0.4, -0.2) is 57.6 Å². The fourth-order valence-corrected chi connectivity index (χ4v) is 7.06. The smallest absolute Gasteiger partial charge is 0.311 e. The van der Waals surface area contributed by atoms with Gasteiger partial charge in [0.1, 0.15) is 9.84 Å². The normalized spacial score (nSPS) is 12.7. The highest BCUT2D eigenvalue weighted by Crippen LogP contribution is 2.38. The fourth-order valence-electron chi connectivity index (χ4n) is 5.42. The van der Waals surface area contributed by atoms with Crippen molar-refractivity contribution in [2.75, 3.05) is 39.3 Å². The monoisotopic (exact) mass is 732 g/mol. The Morgan fingerprint density at radius 2 is 0.959 bits per heavy atom. The molecule has 0 aliphatic heterocycles. The molecular weight excluding hydrogens is 699 g/mol. The minimum atomic E-state index is -3.72. The van der Waals surface area contributed by atoms with Crippen molar-refractivity contribution in [2.24, 2.45) is 0 Å². The van der Waals surface area contributed by atoms with Gasteiger partial charge in [-0.1, -0.05) is 59.6 Å². The van der Waals surface area contributed by atoms with Crippen molar-refractivity contribution in [3.63, 3.8) is 0 Å². The second-order valence-corrected chi connectivity index (χ2v) is 14.2. The fraction of sp³-hybridized carbons (Fsp3) is 0.294.